The molecule has 1 aromatic heterocycles. The largest absolute Gasteiger partial charge is 0.407 e. The maximum atomic E-state index is 5.74. The Kier molecular flexibility index (Phi) is 3.50. The van der Waals surface area contributed by atoms with Crippen LogP contribution in [0.25, 0.3) is 0 Å². The molecule has 0 radical (unpaired) electrons. The summed E-state index contributed by atoms with van der Waals surface area (Å²) in [6, 6.07) is 1.39. The van der Waals surface area contributed by atoms with Gasteiger partial charge >= 0.3 is 6.01 Å². The predicted octanol–water partition coefficient (Wildman–Crippen LogP) is 1.95. The highest BCUT2D eigenvalue weighted by atomic mass is 16.4. The third kappa shape index (κ3) is 2.83. The molecule has 0 amide bonds. The summed E-state index contributed by atoms with van der Waals surface area (Å²) in [7, 11) is 0. The molecule has 2 fully saturated rings. The fraction of sp³-hybridized carbons (Fsp3) is 0.846. The van der Waals surface area contributed by atoms with E-state index in [0.717, 1.165) is 24.9 Å². The SMILES string of the molecule is CCC1CCCN(c2nnc(CNC3CC3)o2)C1. The number of nitrogens with zero attached hydrogens (tertiary/aromatic N) is 3. The number of aromatic nitrogens is 2. The first kappa shape index (κ1) is 12.0. The van der Waals surface area contributed by atoms with Gasteiger partial charge in [-0.3, -0.25) is 0 Å². The van der Waals surface area contributed by atoms with Gasteiger partial charge in [0.15, 0.2) is 0 Å². The average Bonchev–Trinajstić information content (AvgIpc) is 3.13. The van der Waals surface area contributed by atoms with Crippen molar-refractivity contribution in [1.29, 1.82) is 0 Å². The monoisotopic (exact) mass is 250 g/mol. The lowest BCUT2D eigenvalue weighted by Gasteiger charge is -2.30. The second-order valence-corrected chi connectivity index (χ2v) is 5.50. The van der Waals surface area contributed by atoms with Crippen LogP contribution in [0.4, 0.5) is 6.01 Å². The number of hydrogen-bond donors (Lipinski definition) is 1. The minimum absolute atomic E-state index is 0.680. The van der Waals surface area contributed by atoms with Crippen LogP contribution in [-0.4, -0.2) is 29.3 Å². The molecule has 2 aliphatic rings. The number of nitrogens with one attached hydrogen (secondary N) is 1. The van der Waals surface area contributed by atoms with Gasteiger partial charge in [0.1, 0.15) is 0 Å². The summed E-state index contributed by atoms with van der Waals surface area (Å²) < 4.78 is 5.74. The topological polar surface area (TPSA) is 54.2 Å². The molecule has 1 aliphatic heterocycles. The van der Waals surface area contributed by atoms with E-state index < -0.39 is 0 Å². The molecule has 1 aliphatic carbocycles. The van der Waals surface area contributed by atoms with Crippen LogP contribution in [0.15, 0.2) is 4.42 Å². The molecule has 0 spiro atoms. The van der Waals surface area contributed by atoms with Crippen molar-refractivity contribution < 1.29 is 4.42 Å². The van der Waals surface area contributed by atoms with Crippen LogP contribution < -0.4 is 10.2 Å². The molecule has 1 unspecified atom stereocenters. The van der Waals surface area contributed by atoms with Gasteiger partial charge in [-0.05, 0) is 31.6 Å². The smallest absolute Gasteiger partial charge is 0.318 e. The maximum Gasteiger partial charge on any atom is 0.318 e. The second kappa shape index (κ2) is 5.26. The van der Waals surface area contributed by atoms with E-state index in [1.54, 1.807) is 0 Å². The van der Waals surface area contributed by atoms with Crippen molar-refractivity contribution in [3.05, 3.63) is 5.89 Å². The fourth-order valence-electron chi connectivity index (χ4n) is 2.54. The molecule has 2 heterocycles. The Balaban J connectivity index is 1.57. The van der Waals surface area contributed by atoms with Crippen molar-refractivity contribution in [1.82, 2.24) is 15.5 Å². The van der Waals surface area contributed by atoms with Gasteiger partial charge in [0, 0.05) is 19.1 Å². The first-order chi connectivity index (χ1) is 8.85. The average molecular weight is 250 g/mol. The Morgan fingerprint density at radius 1 is 1.33 bits per heavy atom. The molecular formula is C13H22N4O. The third-order valence-corrected chi connectivity index (χ3v) is 3.94. The standard InChI is InChI=1S/C13H22N4O/c1-2-10-4-3-7-17(9-10)13-16-15-12(18-13)8-14-11-5-6-11/h10-11,14H,2-9H2,1H3. The zero-order valence-corrected chi connectivity index (χ0v) is 11.1. The van der Waals surface area contributed by atoms with E-state index >= 15 is 0 Å². The first-order valence-corrected chi connectivity index (χ1v) is 7.16. The highest BCUT2D eigenvalue weighted by Gasteiger charge is 2.24. The Morgan fingerprint density at radius 2 is 2.22 bits per heavy atom. The van der Waals surface area contributed by atoms with E-state index in [1.165, 1.54) is 32.1 Å². The summed E-state index contributed by atoms with van der Waals surface area (Å²) in [5, 5.41) is 11.7. The van der Waals surface area contributed by atoms with E-state index in [1.807, 2.05) is 0 Å². The summed E-state index contributed by atoms with van der Waals surface area (Å²) in [6.07, 6.45) is 6.37. The summed E-state index contributed by atoms with van der Waals surface area (Å²) in [6.45, 7) is 5.08. The highest BCUT2D eigenvalue weighted by molar-refractivity contribution is 5.25. The Morgan fingerprint density at radius 3 is 3.00 bits per heavy atom. The molecule has 0 bridgehead atoms. The van der Waals surface area contributed by atoms with Gasteiger partial charge in [0.25, 0.3) is 0 Å². The molecule has 3 rings (SSSR count). The minimum Gasteiger partial charge on any atom is -0.407 e. The van der Waals surface area contributed by atoms with Crippen molar-refractivity contribution in [3.63, 3.8) is 0 Å². The number of hydrogen-bond acceptors (Lipinski definition) is 5. The molecule has 1 N–H and O–H groups in total. The van der Waals surface area contributed by atoms with Crippen molar-refractivity contribution in [3.8, 4) is 0 Å². The number of rotatable bonds is 5. The molecular weight excluding hydrogens is 228 g/mol. The quantitative estimate of drug-likeness (QED) is 0.865. The molecule has 5 nitrogen and oxygen atoms in total. The van der Waals surface area contributed by atoms with Gasteiger partial charge in [-0.15, -0.1) is 5.10 Å². The molecule has 0 aromatic carbocycles. The van der Waals surface area contributed by atoms with Gasteiger partial charge in [-0.1, -0.05) is 18.4 Å². The zero-order valence-electron chi connectivity index (χ0n) is 11.1. The van der Waals surface area contributed by atoms with Crippen LogP contribution in [0.1, 0.15) is 44.9 Å². The van der Waals surface area contributed by atoms with Gasteiger partial charge in [-0.2, -0.15) is 0 Å². The molecule has 18 heavy (non-hydrogen) atoms. The van der Waals surface area contributed by atoms with Crippen LogP contribution >= 0.6 is 0 Å². The van der Waals surface area contributed by atoms with E-state index in [-0.39, 0.29) is 0 Å². The van der Waals surface area contributed by atoms with E-state index in [2.05, 4.69) is 27.3 Å². The molecule has 1 saturated heterocycles. The molecule has 1 aromatic rings. The van der Waals surface area contributed by atoms with Crippen molar-refractivity contribution in [2.45, 2.75) is 51.6 Å². The molecule has 5 heteroatoms. The zero-order chi connectivity index (χ0) is 12.4. The van der Waals surface area contributed by atoms with Crippen molar-refractivity contribution >= 4 is 6.01 Å². The lowest BCUT2D eigenvalue weighted by molar-refractivity contribution is 0.377. The van der Waals surface area contributed by atoms with Crippen LogP contribution in [-0.2, 0) is 6.54 Å². The predicted molar refractivity (Wildman–Crippen MR) is 69.4 cm³/mol. The van der Waals surface area contributed by atoms with Crippen LogP contribution in [0.2, 0.25) is 0 Å². The van der Waals surface area contributed by atoms with Crippen LogP contribution in [0.3, 0.4) is 0 Å². The summed E-state index contributed by atoms with van der Waals surface area (Å²) in [4.78, 5) is 2.24. The summed E-state index contributed by atoms with van der Waals surface area (Å²) in [5.74, 6) is 1.49. The molecule has 100 valence electrons. The molecule has 1 atom stereocenters. The number of piperidine rings is 1. The normalized spacial score (nSPS) is 24.5. The van der Waals surface area contributed by atoms with Crippen LogP contribution in [0.5, 0.6) is 0 Å². The molecule has 1 saturated carbocycles. The van der Waals surface area contributed by atoms with Crippen molar-refractivity contribution in [2.24, 2.45) is 5.92 Å². The first-order valence-electron chi connectivity index (χ1n) is 7.16. The van der Waals surface area contributed by atoms with E-state index in [9.17, 15) is 0 Å². The van der Waals surface area contributed by atoms with E-state index in [4.69, 9.17) is 4.42 Å². The van der Waals surface area contributed by atoms with Crippen molar-refractivity contribution in [2.75, 3.05) is 18.0 Å². The van der Waals surface area contributed by atoms with E-state index in [0.29, 0.717) is 18.6 Å². The highest BCUT2D eigenvalue weighted by Crippen LogP contribution is 2.24. The van der Waals surface area contributed by atoms with Gasteiger partial charge in [-0.25, -0.2) is 0 Å². The lowest BCUT2D eigenvalue weighted by Crippen LogP contribution is -2.35. The van der Waals surface area contributed by atoms with Gasteiger partial charge in [0.05, 0.1) is 6.54 Å². The Hall–Kier alpha value is -1.10. The minimum atomic E-state index is 0.680. The Labute approximate surface area is 108 Å². The van der Waals surface area contributed by atoms with Gasteiger partial charge < -0.3 is 14.6 Å². The third-order valence-electron chi connectivity index (χ3n) is 3.94. The maximum absolute atomic E-state index is 5.74. The van der Waals surface area contributed by atoms with Crippen LogP contribution in [0, 0.1) is 5.92 Å². The summed E-state index contributed by atoms with van der Waals surface area (Å²) in [5.41, 5.74) is 0. The second-order valence-electron chi connectivity index (χ2n) is 5.50. The van der Waals surface area contributed by atoms with Gasteiger partial charge in [0.2, 0.25) is 5.89 Å². The summed E-state index contributed by atoms with van der Waals surface area (Å²) >= 11 is 0. The fourth-order valence-corrected chi connectivity index (χ4v) is 2.54. The Bertz CT molecular complexity index is 388. The lowest BCUT2D eigenvalue weighted by atomic mass is 9.96. The number of anilines is 1.